The first-order chi connectivity index (χ1) is 4.74. The normalized spacial score (nSPS) is 10.9. The highest BCUT2D eigenvalue weighted by atomic mass is 79.9. The predicted molar refractivity (Wildman–Crippen MR) is 43.5 cm³/mol. The number of hydrogen-bond donors (Lipinski definition) is 0. The van der Waals surface area contributed by atoms with Gasteiger partial charge in [0.25, 0.3) is 0 Å². The predicted octanol–water partition coefficient (Wildman–Crippen LogP) is -1.18. The summed E-state index contributed by atoms with van der Waals surface area (Å²) in [6, 6.07) is 0. The van der Waals surface area contributed by atoms with Gasteiger partial charge in [-0.3, -0.25) is 0 Å². The second kappa shape index (κ2) is 7.07. The molecule has 0 amide bonds. The molecule has 70 valence electrons. The van der Waals surface area contributed by atoms with E-state index in [4.69, 9.17) is 4.84 Å². The lowest BCUT2D eigenvalue weighted by molar-refractivity contribution is -1.10. The molecule has 0 bridgehead atoms. The van der Waals surface area contributed by atoms with E-state index in [9.17, 15) is 0 Å². The molecular weight excluding hydrogens is 206 g/mol. The first-order valence-corrected chi connectivity index (χ1v) is 4.25. The van der Waals surface area contributed by atoms with Gasteiger partial charge >= 0.3 is 0 Å². The van der Waals surface area contributed by atoms with Gasteiger partial charge in [-0.1, -0.05) is 0 Å². The smallest absolute Gasteiger partial charge is 0.106 e. The number of rotatable bonds is 5. The molecule has 0 fully saturated rings. The second-order valence-corrected chi connectivity index (χ2v) is 2.42. The Balaban J connectivity index is 0. The molecule has 2 nitrogen and oxygen atoms in total. The molecule has 0 aliphatic heterocycles. The molecule has 0 N–H and O–H groups in total. The van der Waals surface area contributed by atoms with Gasteiger partial charge in [-0.2, -0.15) is 4.65 Å². The van der Waals surface area contributed by atoms with Gasteiger partial charge < -0.3 is 17.0 Å². The van der Waals surface area contributed by atoms with Crippen LogP contribution in [0.3, 0.4) is 0 Å². The van der Waals surface area contributed by atoms with Crippen LogP contribution < -0.4 is 17.0 Å². The zero-order valence-corrected chi connectivity index (χ0v) is 9.65. The molecule has 0 spiro atoms. The average Bonchev–Trinajstić information content (AvgIpc) is 2.01. The summed E-state index contributed by atoms with van der Waals surface area (Å²) in [6.07, 6.45) is 0. The Morgan fingerprint density at radius 2 is 1.27 bits per heavy atom. The summed E-state index contributed by atoms with van der Waals surface area (Å²) >= 11 is 0. The molecule has 0 aliphatic rings. The van der Waals surface area contributed by atoms with Gasteiger partial charge in [-0.15, -0.1) is 0 Å². The Labute approximate surface area is 80.8 Å². The van der Waals surface area contributed by atoms with Crippen molar-refractivity contribution in [2.75, 3.05) is 26.2 Å². The van der Waals surface area contributed by atoms with Crippen molar-refractivity contribution in [1.29, 1.82) is 0 Å². The number of nitrogens with zero attached hydrogens (tertiary/aromatic N) is 1. The summed E-state index contributed by atoms with van der Waals surface area (Å²) in [7, 11) is 0. The zero-order chi connectivity index (χ0) is 8.04. The molecular formula is C8H20BrNO. The molecule has 0 atom stereocenters. The lowest BCUT2D eigenvalue weighted by atomic mass is 10.5. The second-order valence-electron chi connectivity index (χ2n) is 2.42. The Hall–Kier alpha value is 0.400. The summed E-state index contributed by atoms with van der Waals surface area (Å²) in [5.74, 6) is 0. The highest BCUT2D eigenvalue weighted by Crippen LogP contribution is 2.05. The Bertz CT molecular complexity index is 75.9. The van der Waals surface area contributed by atoms with Crippen molar-refractivity contribution in [2.45, 2.75) is 27.7 Å². The van der Waals surface area contributed by atoms with Crippen LogP contribution in [0.25, 0.3) is 0 Å². The fraction of sp³-hybridized carbons (Fsp3) is 1.00. The lowest BCUT2D eigenvalue weighted by Gasteiger charge is -2.31. The van der Waals surface area contributed by atoms with Gasteiger partial charge in [0.15, 0.2) is 0 Å². The maximum Gasteiger partial charge on any atom is 0.106 e. The minimum absolute atomic E-state index is 0. The molecule has 0 rings (SSSR count). The first kappa shape index (κ1) is 14.0. The summed E-state index contributed by atoms with van der Waals surface area (Å²) < 4.78 is 0.802. The standard InChI is InChI=1S/C8H20NO.BrH/c1-5-9(6-2,7-3)10-8-4;/h5-8H2,1-4H3;1H/q+1;/p-1. The minimum atomic E-state index is 0. The highest BCUT2D eigenvalue weighted by molar-refractivity contribution is 4.22. The van der Waals surface area contributed by atoms with E-state index in [2.05, 4.69) is 20.8 Å². The summed E-state index contributed by atoms with van der Waals surface area (Å²) in [5, 5.41) is 0. The van der Waals surface area contributed by atoms with Crippen molar-refractivity contribution in [1.82, 2.24) is 0 Å². The van der Waals surface area contributed by atoms with E-state index in [1.807, 2.05) is 6.92 Å². The largest absolute Gasteiger partial charge is 1.00 e. The zero-order valence-electron chi connectivity index (χ0n) is 8.06. The van der Waals surface area contributed by atoms with Gasteiger partial charge in [0.05, 0.1) is 0 Å². The van der Waals surface area contributed by atoms with Gasteiger partial charge in [0.1, 0.15) is 26.2 Å². The number of hydrogen-bond acceptors (Lipinski definition) is 1. The maximum absolute atomic E-state index is 5.61. The van der Waals surface area contributed by atoms with E-state index in [0.717, 1.165) is 30.9 Å². The number of quaternary nitrogens is 1. The van der Waals surface area contributed by atoms with E-state index in [1.165, 1.54) is 0 Å². The van der Waals surface area contributed by atoms with Gasteiger partial charge in [0, 0.05) is 0 Å². The van der Waals surface area contributed by atoms with E-state index in [1.54, 1.807) is 0 Å². The monoisotopic (exact) mass is 225 g/mol. The van der Waals surface area contributed by atoms with Crippen molar-refractivity contribution in [3.63, 3.8) is 0 Å². The van der Waals surface area contributed by atoms with Gasteiger partial charge in [-0.25, -0.2) is 4.84 Å². The maximum atomic E-state index is 5.61. The fourth-order valence-corrected chi connectivity index (χ4v) is 1.22. The van der Waals surface area contributed by atoms with E-state index in [0.29, 0.717) is 0 Å². The third kappa shape index (κ3) is 4.09. The molecule has 0 aromatic carbocycles. The van der Waals surface area contributed by atoms with Gasteiger partial charge in [0.2, 0.25) is 0 Å². The molecule has 0 aliphatic carbocycles. The molecule has 0 saturated heterocycles. The fourth-order valence-electron chi connectivity index (χ4n) is 1.22. The van der Waals surface area contributed by atoms with Crippen molar-refractivity contribution in [3.05, 3.63) is 0 Å². The van der Waals surface area contributed by atoms with Crippen molar-refractivity contribution in [3.8, 4) is 0 Å². The van der Waals surface area contributed by atoms with Crippen molar-refractivity contribution >= 4 is 0 Å². The van der Waals surface area contributed by atoms with Crippen LogP contribution in [0.5, 0.6) is 0 Å². The molecule has 0 aromatic heterocycles. The Morgan fingerprint density at radius 3 is 1.36 bits per heavy atom. The molecule has 3 heteroatoms. The molecule has 0 heterocycles. The van der Waals surface area contributed by atoms with Crippen LogP contribution in [0.2, 0.25) is 0 Å². The first-order valence-electron chi connectivity index (χ1n) is 4.25. The van der Waals surface area contributed by atoms with Crippen LogP contribution in [0.15, 0.2) is 0 Å². The summed E-state index contributed by atoms with van der Waals surface area (Å²) in [4.78, 5) is 5.61. The van der Waals surface area contributed by atoms with E-state index in [-0.39, 0.29) is 17.0 Å². The summed E-state index contributed by atoms with van der Waals surface area (Å²) in [5.41, 5.74) is 0. The molecule has 11 heavy (non-hydrogen) atoms. The number of hydroxylamine groups is 3. The average molecular weight is 226 g/mol. The van der Waals surface area contributed by atoms with E-state index >= 15 is 0 Å². The van der Waals surface area contributed by atoms with Crippen LogP contribution in [-0.4, -0.2) is 30.9 Å². The Kier molecular flexibility index (Phi) is 8.97. The third-order valence-corrected chi connectivity index (χ3v) is 2.13. The quantitative estimate of drug-likeness (QED) is 0.423. The van der Waals surface area contributed by atoms with Crippen molar-refractivity contribution in [2.24, 2.45) is 0 Å². The lowest BCUT2D eigenvalue weighted by Crippen LogP contribution is -3.00. The third-order valence-electron chi connectivity index (χ3n) is 2.13. The SMILES string of the molecule is CCO[N+](CC)(CC)CC.[Br-]. The highest BCUT2D eigenvalue weighted by Gasteiger charge is 2.21. The van der Waals surface area contributed by atoms with Crippen LogP contribution in [0, 0.1) is 0 Å². The van der Waals surface area contributed by atoms with Crippen LogP contribution in [-0.2, 0) is 4.84 Å². The number of halogens is 1. The van der Waals surface area contributed by atoms with Crippen LogP contribution >= 0.6 is 0 Å². The van der Waals surface area contributed by atoms with Gasteiger partial charge in [-0.05, 0) is 27.7 Å². The van der Waals surface area contributed by atoms with E-state index < -0.39 is 0 Å². The topological polar surface area (TPSA) is 9.23 Å². The van der Waals surface area contributed by atoms with Crippen LogP contribution in [0.4, 0.5) is 0 Å². The molecule has 0 unspecified atom stereocenters. The summed E-state index contributed by atoms with van der Waals surface area (Å²) in [6.45, 7) is 12.6. The molecule has 0 aromatic rings. The van der Waals surface area contributed by atoms with Crippen molar-refractivity contribution < 1.29 is 26.5 Å². The minimum Gasteiger partial charge on any atom is -1.00 e. The van der Waals surface area contributed by atoms with Crippen LogP contribution in [0.1, 0.15) is 27.7 Å². The molecule has 0 radical (unpaired) electrons. The molecule has 0 saturated carbocycles. The Morgan fingerprint density at radius 1 is 0.909 bits per heavy atom.